The quantitative estimate of drug-likeness (QED) is 0.0333. The first-order chi connectivity index (χ1) is 43.4. The van der Waals surface area contributed by atoms with Gasteiger partial charge >= 0.3 is 26.8 Å². The number of ether oxygens (including phenoxy) is 12. The Balaban J connectivity index is 0.904. The molecular formula is C59H92O32S2. The first-order valence-corrected chi connectivity index (χ1v) is 34.2. The number of carbonyl (C=O) groups is 2. The van der Waals surface area contributed by atoms with Crippen LogP contribution in [0.4, 0.5) is 0 Å². The summed E-state index contributed by atoms with van der Waals surface area (Å²) in [6, 6.07) is 0. The molecule has 10 aliphatic rings. The molecule has 12 N–H and O–H groups in total. The first-order valence-electron chi connectivity index (χ1n) is 31.5. The lowest BCUT2D eigenvalue weighted by Crippen LogP contribution is -2.68. The number of ketones is 1. The Labute approximate surface area is 538 Å². The third-order valence-corrected chi connectivity index (χ3v) is 23.0. The van der Waals surface area contributed by atoms with Crippen LogP contribution in [0.15, 0.2) is 23.8 Å². The molecule has 6 aliphatic heterocycles. The zero-order valence-electron chi connectivity index (χ0n) is 52.9. The van der Waals surface area contributed by atoms with Gasteiger partial charge in [0.2, 0.25) is 0 Å². The van der Waals surface area contributed by atoms with Crippen LogP contribution in [0.1, 0.15) is 106 Å². The van der Waals surface area contributed by atoms with Crippen LogP contribution in [0.5, 0.6) is 0 Å². The number of methoxy groups -OCH3 is 1. The zero-order chi connectivity index (χ0) is 68.2. The van der Waals surface area contributed by atoms with Crippen molar-refractivity contribution in [3.8, 4) is 0 Å². The number of cyclic esters (lactones) is 1. The van der Waals surface area contributed by atoms with E-state index in [1.165, 1.54) is 6.92 Å². The Morgan fingerprint density at radius 2 is 1.29 bits per heavy atom. The van der Waals surface area contributed by atoms with Crippen LogP contribution in [0.2, 0.25) is 0 Å². The van der Waals surface area contributed by atoms with Crippen LogP contribution in [-0.4, -0.2) is 275 Å². The molecule has 0 bridgehead atoms. The SMILES string of the molecule is C=C(C)CCCC1(C)OC(=O)C23CCC4C(=CCC5C(C)(C)C(OC6OCC(OS(=O)(=O)O)C(O)C6OC6OC(C)C(OC7OC(CO)C(O)C(OC8OC(COS(=O)(=O)O)C(O)C(OC)C8O)C7O)C(O)C6OC6OCC(O)C(O)C6O)CCC45C)C2(C)CC(=O)C13. The molecule has 32 nitrogen and oxygen atoms in total. The van der Waals surface area contributed by atoms with Crippen LogP contribution in [0.3, 0.4) is 0 Å². The number of Topliss-reactive ketones (excluding diaryl/α,β-unsaturated/α-hetero) is 1. The number of hydrogen-bond acceptors (Lipinski definition) is 30. The molecule has 1 spiro atoms. The Bertz CT molecular complexity index is 2970. The van der Waals surface area contributed by atoms with Crippen molar-refractivity contribution in [2.24, 2.45) is 39.4 Å². The van der Waals surface area contributed by atoms with Gasteiger partial charge in [-0.1, -0.05) is 44.9 Å². The molecule has 9 fully saturated rings. The molecule has 93 heavy (non-hydrogen) atoms. The monoisotopic (exact) mass is 1380 g/mol. The number of esters is 1. The van der Waals surface area contributed by atoms with Gasteiger partial charge < -0.3 is 108 Å². The van der Waals surface area contributed by atoms with E-state index in [0.717, 1.165) is 24.7 Å². The average molecular weight is 1380 g/mol. The lowest BCUT2D eigenvalue weighted by Gasteiger charge is -2.63. The highest BCUT2D eigenvalue weighted by Gasteiger charge is 2.79. The smallest absolute Gasteiger partial charge is 0.397 e. The summed E-state index contributed by atoms with van der Waals surface area (Å²) in [5, 5.41) is 112. The minimum Gasteiger partial charge on any atom is -0.458 e. The van der Waals surface area contributed by atoms with Gasteiger partial charge in [-0.2, -0.15) is 16.8 Å². The second kappa shape index (κ2) is 27.2. The topological polar surface area (TPSA) is 474 Å². The fourth-order valence-electron chi connectivity index (χ4n) is 17.4. The van der Waals surface area contributed by atoms with Crippen LogP contribution < -0.4 is 0 Å². The van der Waals surface area contributed by atoms with E-state index in [0.29, 0.717) is 44.9 Å². The zero-order valence-corrected chi connectivity index (χ0v) is 54.5. The van der Waals surface area contributed by atoms with Gasteiger partial charge in [0.15, 0.2) is 31.5 Å². The molecule has 3 saturated carbocycles. The standard InChI is InChI=1S/C59H92O32S2/c1-24(2)11-10-16-58(8)48-28(61)19-57(7)27-12-13-33-55(4,5)34(15-17-56(33,6)26(27)14-18-59(48,57)54(71)90-58)85-52-46(38(66)32(22-80-52)91-93(75,76)77)89-53-47(88-49-39(67)35(63)29(62)21-79-49)40(68)43(25(3)82-53)86-51-42(70)45(36(64)30(20-60)83-51)87-50-41(69)44(78-9)37(65)31(84-50)23-81-92(72,73)74/h12,25-26,29-53,60,62-70H,1,10-11,13-23H2,2-9H3,(H,72,73,74)(H,75,76,77). The van der Waals surface area contributed by atoms with Gasteiger partial charge in [0.05, 0.1) is 50.0 Å². The van der Waals surface area contributed by atoms with E-state index in [9.17, 15) is 86.6 Å². The molecule has 31 atom stereocenters. The van der Waals surface area contributed by atoms with Crippen molar-refractivity contribution in [1.29, 1.82) is 0 Å². The Morgan fingerprint density at radius 1 is 0.677 bits per heavy atom. The molecular weight excluding hydrogens is 1280 g/mol. The van der Waals surface area contributed by atoms with E-state index in [-0.39, 0.29) is 30.0 Å². The van der Waals surface area contributed by atoms with Gasteiger partial charge in [-0.05, 0) is 94.8 Å². The highest BCUT2D eigenvalue weighted by atomic mass is 32.3. The van der Waals surface area contributed by atoms with Crippen molar-refractivity contribution in [1.82, 2.24) is 0 Å². The number of hydrogen-bond donors (Lipinski definition) is 12. The number of aliphatic hydroxyl groups excluding tert-OH is 10. The molecule has 31 unspecified atom stereocenters. The van der Waals surface area contributed by atoms with Gasteiger partial charge in [0, 0.05) is 18.9 Å². The summed E-state index contributed by atoms with van der Waals surface area (Å²) >= 11 is 0. The maximum Gasteiger partial charge on any atom is 0.397 e. The van der Waals surface area contributed by atoms with Crippen molar-refractivity contribution in [2.75, 3.05) is 33.5 Å². The summed E-state index contributed by atoms with van der Waals surface area (Å²) in [5.74, 6) is -1.07. The lowest BCUT2D eigenvalue weighted by atomic mass is 9.41. The molecule has 6 saturated heterocycles. The van der Waals surface area contributed by atoms with Gasteiger partial charge in [0.1, 0.15) is 115 Å². The van der Waals surface area contributed by atoms with Crippen molar-refractivity contribution in [3.05, 3.63) is 23.8 Å². The second-order valence-corrected chi connectivity index (χ2v) is 30.3. The van der Waals surface area contributed by atoms with E-state index >= 15 is 0 Å². The van der Waals surface area contributed by atoms with E-state index in [1.54, 1.807) is 0 Å². The van der Waals surface area contributed by atoms with Gasteiger partial charge in [0.25, 0.3) is 0 Å². The van der Waals surface area contributed by atoms with Crippen molar-refractivity contribution < 1.29 is 152 Å². The van der Waals surface area contributed by atoms with E-state index in [1.807, 2.05) is 27.7 Å². The van der Waals surface area contributed by atoms with Crippen molar-refractivity contribution >= 4 is 32.6 Å². The average Bonchev–Trinajstić information content (AvgIpc) is 1.52. The molecule has 6 heterocycles. The highest BCUT2D eigenvalue weighted by molar-refractivity contribution is 7.81. The summed E-state index contributed by atoms with van der Waals surface area (Å²) in [6.45, 7) is 14.2. The summed E-state index contributed by atoms with van der Waals surface area (Å²) in [5.41, 5.74) is -1.86. The van der Waals surface area contributed by atoms with Crippen molar-refractivity contribution in [3.63, 3.8) is 0 Å². The van der Waals surface area contributed by atoms with Crippen LogP contribution >= 0.6 is 0 Å². The number of allylic oxidation sites excluding steroid dienone is 3. The Hall–Kier alpha value is -2.48. The second-order valence-electron chi connectivity index (χ2n) is 28.2. The fourth-order valence-corrected chi connectivity index (χ4v) is 18.2. The first kappa shape index (κ1) is 73.2. The number of carbonyl (C=O) groups excluding carboxylic acids is 2. The van der Waals surface area contributed by atoms with E-state index in [2.05, 4.69) is 30.7 Å². The predicted octanol–water partition coefficient (Wildman–Crippen LogP) is -2.09. The Morgan fingerprint density at radius 3 is 1.94 bits per heavy atom. The lowest BCUT2D eigenvalue weighted by molar-refractivity contribution is -0.403. The van der Waals surface area contributed by atoms with E-state index in [4.69, 9.17) is 61.0 Å². The van der Waals surface area contributed by atoms with E-state index < -0.39 is 228 Å². The number of rotatable bonds is 21. The molecule has 0 radical (unpaired) electrons. The minimum absolute atomic E-state index is 0.0236. The molecule has 10 rings (SSSR count). The molecule has 532 valence electrons. The summed E-state index contributed by atoms with van der Waals surface area (Å²) in [6.07, 6.45) is -37.0. The van der Waals surface area contributed by atoms with Crippen LogP contribution in [0.25, 0.3) is 0 Å². The fraction of sp³-hybridized carbons (Fsp3) is 0.898. The summed E-state index contributed by atoms with van der Waals surface area (Å²) < 4.78 is 148. The molecule has 0 amide bonds. The van der Waals surface area contributed by atoms with Gasteiger partial charge in [-0.25, -0.2) is 8.37 Å². The number of fused-ring (bicyclic) bond motifs is 4. The predicted molar refractivity (Wildman–Crippen MR) is 308 cm³/mol. The molecule has 4 aliphatic carbocycles. The third-order valence-electron chi connectivity index (χ3n) is 22.0. The van der Waals surface area contributed by atoms with Crippen molar-refractivity contribution in [2.45, 2.75) is 259 Å². The molecule has 34 heteroatoms. The van der Waals surface area contributed by atoms with Gasteiger partial charge in [-0.15, -0.1) is 6.58 Å². The minimum atomic E-state index is -5.30. The van der Waals surface area contributed by atoms with Crippen LogP contribution in [0, 0.1) is 39.4 Å². The van der Waals surface area contributed by atoms with Gasteiger partial charge in [-0.3, -0.25) is 18.7 Å². The maximum atomic E-state index is 14.5. The highest BCUT2D eigenvalue weighted by Crippen LogP contribution is 2.75. The molecule has 0 aromatic carbocycles. The normalized spacial score (nSPS) is 49.2. The third kappa shape index (κ3) is 13.5. The molecule has 0 aromatic rings. The maximum absolute atomic E-state index is 14.5. The summed E-state index contributed by atoms with van der Waals surface area (Å²) in [4.78, 5) is 28.9. The summed E-state index contributed by atoms with van der Waals surface area (Å²) in [7, 11) is -9.34. The Kier molecular flexibility index (Phi) is 21.4. The molecule has 0 aromatic heterocycles. The number of aliphatic hydroxyl groups is 10. The largest absolute Gasteiger partial charge is 0.458 e. The van der Waals surface area contributed by atoms with Crippen LogP contribution in [-0.2, 0) is 95.6 Å².